The monoisotopic (exact) mass is 227 g/mol. The molecule has 2 atom stereocenters. The summed E-state index contributed by atoms with van der Waals surface area (Å²) in [6.45, 7) is 4.07. The average molecular weight is 227 g/mol. The van der Waals surface area contributed by atoms with Crippen molar-refractivity contribution in [2.24, 2.45) is 5.73 Å². The van der Waals surface area contributed by atoms with Crippen molar-refractivity contribution in [3.05, 3.63) is 0 Å². The highest BCUT2D eigenvalue weighted by Gasteiger charge is 2.30. The van der Waals surface area contributed by atoms with Crippen molar-refractivity contribution < 1.29 is 4.79 Å². The van der Waals surface area contributed by atoms with E-state index in [2.05, 4.69) is 10.2 Å². The number of amides is 1. The molecular weight excluding hydrogens is 202 g/mol. The third-order valence-electron chi connectivity index (χ3n) is 3.52. The number of primary amides is 1. The maximum Gasteiger partial charge on any atom is 0.234 e. The summed E-state index contributed by atoms with van der Waals surface area (Å²) in [5, 5.41) is 3.18. The van der Waals surface area contributed by atoms with Crippen molar-refractivity contribution in [2.45, 2.75) is 51.1 Å². The van der Waals surface area contributed by atoms with E-state index in [0.717, 1.165) is 25.9 Å². The van der Waals surface area contributed by atoms with Gasteiger partial charge in [-0.2, -0.15) is 0 Å². The van der Waals surface area contributed by atoms with Gasteiger partial charge in [-0.05, 0) is 45.8 Å². The van der Waals surface area contributed by atoms with Crippen LogP contribution in [0.15, 0.2) is 0 Å². The van der Waals surface area contributed by atoms with Gasteiger partial charge in [-0.1, -0.05) is 13.3 Å². The van der Waals surface area contributed by atoms with E-state index in [9.17, 15) is 4.79 Å². The summed E-state index contributed by atoms with van der Waals surface area (Å²) in [7, 11) is 1.97. The molecular formula is C12H25N3O. The summed E-state index contributed by atoms with van der Waals surface area (Å²) in [6.07, 6.45) is 5.61. The van der Waals surface area contributed by atoms with Crippen molar-refractivity contribution in [3.63, 3.8) is 0 Å². The molecule has 0 radical (unpaired) electrons. The van der Waals surface area contributed by atoms with E-state index in [-0.39, 0.29) is 11.9 Å². The molecule has 1 saturated heterocycles. The van der Waals surface area contributed by atoms with Gasteiger partial charge in [-0.25, -0.2) is 0 Å². The van der Waals surface area contributed by atoms with Crippen LogP contribution in [0.5, 0.6) is 0 Å². The van der Waals surface area contributed by atoms with Gasteiger partial charge in [0.15, 0.2) is 0 Å². The highest BCUT2D eigenvalue weighted by atomic mass is 16.1. The Morgan fingerprint density at radius 3 is 2.88 bits per heavy atom. The van der Waals surface area contributed by atoms with Crippen LogP contribution < -0.4 is 11.1 Å². The first-order valence-electron chi connectivity index (χ1n) is 6.40. The van der Waals surface area contributed by atoms with Crippen molar-refractivity contribution in [1.29, 1.82) is 0 Å². The number of nitrogens with two attached hydrogens (primary N) is 1. The van der Waals surface area contributed by atoms with Crippen molar-refractivity contribution >= 4 is 5.91 Å². The quantitative estimate of drug-likeness (QED) is 0.703. The highest BCUT2D eigenvalue weighted by molar-refractivity contribution is 5.79. The minimum atomic E-state index is -0.168. The summed E-state index contributed by atoms with van der Waals surface area (Å²) in [5.74, 6) is -0.168. The van der Waals surface area contributed by atoms with Gasteiger partial charge >= 0.3 is 0 Å². The van der Waals surface area contributed by atoms with Gasteiger partial charge in [-0.3, -0.25) is 9.69 Å². The van der Waals surface area contributed by atoms with Crippen molar-refractivity contribution in [1.82, 2.24) is 10.2 Å². The normalized spacial score (nSPS) is 24.2. The predicted octanol–water partition coefficient (Wildman–Crippen LogP) is 0.714. The third kappa shape index (κ3) is 3.46. The first-order chi connectivity index (χ1) is 7.70. The molecule has 4 heteroatoms. The first kappa shape index (κ1) is 13.5. The number of carbonyl (C=O) groups is 1. The Morgan fingerprint density at radius 2 is 2.31 bits per heavy atom. The van der Waals surface area contributed by atoms with E-state index in [0.29, 0.717) is 6.04 Å². The maximum atomic E-state index is 11.4. The Bertz CT molecular complexity index is 220. The molecule has 16 heavy (non-hydrogen) atoms. The number of rotatable bonds is 6. The molecule has 0 saturated carbocycles. The van der Waals surface area contributed by atoms with Gasteiger partial charge in [0.2, 0.25) is 5.91 Å². The molecule has 0 aromatic heterocycles. The molecule has 1 aliphatic heterocycles. The summed E-state index contributed by atoms with van der Waals surface area (Å²) in [6, 6.07) is 0.459. The molecule has 94 valence electrons. The molecule has 0 spiro atoms. The minimum Gasteiger partial charge on any atom is -0.368 e. The van der Waals surface area contributed by atoms with Crippen LogP contribution in [0.1, 0.15) is 39.0 Å². The van der Waals surface area contributed by atoms with Gasteiger partial charge < -0.3 is 11.1 Å². The second-order valence-electron chi connectivity index (χ2n) is 4.61. The Morgan fingerprint density at radius 1 is 1.56 bits per heavy atom. The lowest BCUT2D eigenvalue weighted by molar-refractivity contribution is -0.125. The third-order valence-corrected chi connectivity index (χ3v) is 3.52. The number of hydrogen-bond donors (Lipinski definition) is 2. The Hall–Kier alpha value is -0.610. The standard InChI is InChI=1S/C12H25N3O/c1-3-11(12(13)16)15-9-5-4-6-10(15)7-8-14-2/h10-11,14H,3-9H2,1-2H3,(H2,13,16). The fourth-order valence-electron chi connectivity index (χ4n) is 2.65. The summed E-state index contributed by atoms with van der Waals surface area (Å²) in [4.78, 5) is 13.7. The molecule has 0 aromatic carbocycles. The lowest BCUT2D eigenvalue weighted by Gasteiger charge is -2.39. The fourth-order valence-corrected chi connectivity index (χ4v) is 2.65. The Balaban J connectivity index is 2.60. The first-order valence-corrected chi connectivity index (χ1v) is 6.40. The molecule has 1 heterocycles. The highest BCUT2D eigenvalue weighted by Crippen LogP contribution is 2.22. The zero-order valence-electron chi connectivity index (χ0n) is 10.5. The van der Waals surface area contributed by atoms with Gasteiger partial charge in [0.1, 0.15) is 0 Å². The molecule has 1 rings (SSSR count). The van der Waals surface area contributed by atoms with E-state index >= 15 is 0 Å². The van der Waals surface area contributed by atoms with Crippen LogP contribution in [0.4, 0.5) is 0 Å². The Labute approximate surface area is 98.6 Å². The number of carbonyl (C=O) groups excluding carboxylic acids is 1. The minimum absolute atomic E-state index is 0.0674. The largest absolute Gasteiger partial charge is 0.368 e. The zero-order chi connectivity index (χ0) is 12.0. The second-order valence-corrected chi connectivity index (χ2v) is 4.61. The number of likely N-dealkylation sites (tertiary alicyclic amines) is 1. The molecule has 0 bridgehead atoms. The van der Waals surface area contributed by atoms with E-state index in [1.165, 1.54) is 19.3 Å². The molecule has 0 aliphatic carbocycles. The van der Waals surface area contributed by atoms with Gasteiger partial charge in [0.05, 0.1) is 6.04 Å². The molecule has 1 fully saturated rings. The van der Waals surface area contributed by atoms with Gasteiger partial charge in [0.25, 0.3) is 0 Å². The van der Waals surface area contributed by atoms with Crippen LogP contribution in [-0.4, -0.2) is 43.0 Å². The van der Waals surface area contributed by atoms with Crippen molar-refractivity contribution in [2.75, 3.05) is 20.1 Å². The summed E-state index contributed by atoms with van der Waals surface area (Å²) >= 11 is 0. The summed E-state index contributed by atoms with van der Waals surface area (Å²) < 4.78 is 0. The van der Waals surface area contributed by atoms with Crippen LogP contribution in [0.25, 0.3) is 0 Å². The lowest BCUT2D eigenvalue weighted by Crippen LogP contribution is -2.52. The number of nitrogens with zero attached hydrogens (tertiary/aromatic N) is 1. The van der Waals surface area contributed by atoms with Crippen LogP contribution in [0, 0.1) is 0 Å². The Kier molecular flexibility index (Phi) is 5.77. The smallest absolute Gasteiger partial charge is 0.234 e. The SMILES string of the molecule is CCC(C(N)=O)N1CCCCC1CCNC. The zero-order valence-corrected chi connectivity index (χ0v) is 10.5. The van der Waals surface area contributed by atoms with E-state index in [1.54, 1.807) is 0 Å². The number of piperidine rings is 1. The fraction of sp³-hybridized carbons (Fsp3) is 0.917. The topological polar surface area (TPSA) is 58.4 Å². The summed E-state index contributed by atoms with van der Waals surface area (Å²) in [5.41, 5.74) is 5.47. The van der Waals surface area contributed by atoms with Crippen LogP contribution >= 0.6 is 0 Å². The van der Waals surface area contributed by atoms with Crippen LogP contribution in [0.2, 0.25) is 0 Å². The average Bonchev–Trinajstić information content (AvgIpc) is 2.28. The van der Waals surface area contributed by atoms with Gasteiger partial charge in [-0.15, -0.1) is 0 Å². The molecule has 1 aliphatic rings. The molecule has 1 amide bonds. The van der Waals surface area contributed by atoms with E-state index in [1.807, 2.05) is 14.0 Å². The molecule has 3 N–H and O–H groups in total. The predicted molar refractivity (Wildman–Crippen MR) is 66.2 cm³/mol. The van der Waals surface area contributed by atoms with E-state index in [4.69, 9.17) is 5.73 Å². The number of nitrogens with one attached hydrogen (secondary N) is 1. The lowest BCUT2D eigenvalue weighted by atomic mass is 9.96. The van der Waals surface area contributed by atoms with Gasteiger partial charge in [0, 0.05) is 6.04 Å². The van der Waals surface area contributed by atoms with Crippen molar-refractivity contribution in [3.8, 4) is 0 Å². The van der Waals surface area contributed by atoms with Crippen LogP contribution in [0.3, 0.4) is 0 Å². The molecule has 0 aromatic rings. The van der Waals surface area contributed by atoms with E-state index < -0.39 is 0 Å². The molecule has 2 unspecified atom stereocenters. The number of hydrogen-bond acceptors (Lipinski definition) is 3. The maximum absolute atomic E-state index is 11.4. The van der Waals surface area contributed by atoms with Crippen LogP contribution in [-0.2, 0) is 4.79 Å². The molecule has 4 nitrogen and oxygen atoms in total. The second kappa shape index (κ2) is 6.86.